The van der Waals surface area contributed by atoms with Crippen molar-refractivity contribution in [3.8, 4) is 0 Å². The number of rotatable bonds is 9. The van der Waals surface area contributed by atoms with Crippen molar-refractivity contribution >= 4 is 0 Å². The smallest absolute Gasteiger partial charge is 0.192 e. The van der Waals surface area contributed by atoms with Crippen molar-refractivity contribution in [2.75, 3.05) is 33.0 Å². The molecule has 1 N–H and O–H groups in total. The molecule has 0 amide bonds. The second-order valence-corrected chi connectivity index (χ2v) is 5.09. The molecule has 1 heterocycles. The fourth-order valence-electron chi connectivity index (χ4n) is 2.69. The summed E-state index contributed by atoms with van der Waals surface area (Å²) in [6.07, 6.45) is -1.73. The summed E-state index contributed by atoms with van der Waals surface area (Å²) in [5, 5.41) is 10.6. The Morgan fingerprint density at radius 1 is 0.905 bits per heavy atom. The molecule has 6 nitrogen and oxygen atoms in total. The zero-order valence-electron chi connectivity index (χ0n) is 13.8. The van der Waals surface area contributed by atoms with Gasteiger partial charge in [-0.1, -0.05) is 0 Å². The first kappa shape index (κ1) is 18.8. The predicted octanol–water partition coefficient (Wildman–Crippen LogP) is 1.35. The van der Waals surface area contributed by atoms with Gasteiger partial charge in [0.15, 0.2) is 5.79 Å². The molecule has 0 aromatic heterocycles. The van der Waals surface area contributed by atoms with E-state index in [9.17, 15) is 5.11 Å². The summed E-state index contributed by atoms with van der Waals surface area (Å²) in [6, 6.07) is 0. The van der Waals surface area contributed by atoms with Gasteiger partial charge in [-0.2, -0.15) is 0 Å². The molecule has 1 aliphatic heterocycles. The summed E-state index contributed by atoms with van der Waals surface area (Å²) in [4.78, 5) is 0. The summed E-state index contributed by atoms with van der Waals surface area (Å²) < 4.78 is 28.5. The van der Waals surface area contributed by atoms with Gasteiger partial charge in [-0.3, -0.25) is 0 Å². The lowest BCUT2D eigenvalue weighted by atomic mass is 9.92. The lowest BCUT2D eigenvalue weighted by Crippen LogP contribution is -2.66. The SMILES string of the molecule is CCOC[C@H]1OC(C)(O)[C@H](OCC)[C@@H](OCC)[C@@H]1OCC. The number of hydrogen-bond donors (Lipinski definition) is 1. The van der Waals surface area contributed by atoms with Crippen LogP contribution < -0.4 is 0 Å². The van der Waals surface area contributed by atoms with Crippen LogP contribution in [0.1, 0.15) is 34.6 Å². The van der Waals surface area contributed by atoms with E-state index >= 15 is 0 Å². The summed E-state index contributed by atoms with van der Waals surface area (Å²) in [5.41, 5.74) is 0. The van der Waals surface area contributed by atoms with Gasteiger partial charge in [-0.25, -0.2) is 0 Å². The molecule has 0 aromatic carbocycles. The molecule has 1 saturated heterocycles. The first-order valence-electron chi connectivity index (χ1n) is 7.84. The van der Waals surface area contributed by atoms with E-state index in [0.717, 1.165) is 0 Å². The minimum atomic E-state index is -1.44. The predicted molar refractivity (Wildman–Crippen MR) is 78.2 cm³/mol. The van der Waals surface area contributed by atoms with Crippen molar-refractivity contribution in [2.45, 2.75) is 64.8 Å². The van der Waals surface area contributed by atoms with Crippen molar-refractivity contribution in [1.29, 1.82) is 0 Å². The van der Waals surface area contributed by atoms with Crippen LogP contribution >= 0.6 is 0 Å². The average molecular weight is 306 g/mol. The third-order valence-corrected chi connectivity index (χ3v) is 3.46. The Labute approximate surface area is 127 Å². The molecule has 5 atom stereocenters. The summed E-state index contributed by atoms with van der Waals surface area (Å²) in [7, 11) is 0. The van der Waals surface area contributed by atoms with Crippen molar-refractivity contribution in [1.82, 2.24) is 0 Å². The molecule has 0 radical (unpaired) electrons. The first-order valence-corrected chi connectivity index (χ1v) is 7.84. The van der Waals surface area contributed by atoms with Gasteiger partial charge in [0.05, 0.1) is 6.61 Å². The molecule has 1 aliphatic rings. The van der Waals surface area contributed by atoms with E-state index in [4.69, 9.17) is 23.7 Å². The van der Waals surface area contributed by atoms with Crippen molar-refractivity contribution < 1.29 is 28.8 Å². The normalized spacial score (nSPS) is 36.9. The van der Waals surface area contributed by atoms with Gasteiger partial charge in [0, 0.05) is 26.4 Å². The highest BCUT2D eigenvalue weighted by Crippen LogP contribution is 2.33. The van der Waals surface area contributed by atoms with Crippen LogP contribution in [0, 0.1) is 0 Å². The van der Waals surface area contributed by atoms with E-state index in [-0.39, 0.29) is 6.10 Å². The largest absolute Gasteiger partial charge is 0.379 e. The average Bonchev–Trinajstić information content (AvgIpc) is 2.44. The Kier molecular flexibility index (Phi) is 8.08. The van der Waals surface area contributed by atoms with Gasteiger partial charge in [0.2, 0.25) is 0 Å². The number of ether oxygens (including phenoxy) is 5. The molecule has 1 fully saturated rings. The van der Waals surface area contributed by atoms with E-state index in [1.54, 1.807) is 6.92 Å². The molecule has 0 saturated carbocycles. The highest BCUT2D eigenvalue weighted by Gasteiger charge is 2.53. The molecule has 126 valence electrons. The highest BCUT2D eigenvalue weighted by molar-refractivity contribution is 4.97. The van der Waals surface area contributed by atoms with E-state index in [2.05, 4.69) is 0 Å². The third kappa shape index (κ3) is 4.87. The van der Waals surface area contributed by atoms with E-state index in [0.29, 0.717) is 33.0 Å². The lowest BCUT2D eigenvalue weighted by molar-refractivity contribution is -0.358. The lowest BCUT2D eigenvalue weighted by Gasteiger charge is -2.48. The molecule has 0 bridgehead atoms. The Bertz CT molecular complexity index is 283. The van der Waals surface area contributed by atoms with Gasteiger partial charge >= 0.3 is 0 Å². The Hall–Kier alpha value is -0.240. The second-order valence-electron chi connectivity index (χ2n) is 5.09. The van der Waals surface area contributed by atoms with Gasteiger partial charge in [0.1, 0.15) is 24.4 Å². The minimum absolute atomic E-state index is 0.335. The van der Waals surface area contributed by atoms with Gasteiger partial charge in [-0.05, 0) is 34.6 Å². The van der Waals surface area contributed by atoms with Crippen LogP contribution in [0.4, 0.5) is 0 Å². The molecule has 0 aromatic rings. The Balaban J connectivity index is 2.97. The second kappa shape index (κ2) is 9.02. The third-order valence-electron chi connectivity index (χ3n) is 3.46. The summed E-state index contributed by atoms with van der Waals surface area (Å²) >= 11 is 0. The van der Waals surface area contributed by atoms with Crippen LogP contribution in [-0.4, -0.2) is 68.3 Å². The van der Waals surface area contributed by atoms with E-state index in [1.165, 1.54) is 0 Å². The summed E-state index contributed by atoms with van der Waals surface area (Å²) in [6.45, 7) is 11.6. The highest BCUT2D eigenvalue weighted by atomic mass is 16.7. The van der Waals surface area contributed by atoms with Crippen molar-refractivity contribution in [3.05, 3.63) is 0 Å². The zero-order valence-corrected chi connectivity index (χ0v) is 13.8. The number of aliphatic hydroxyl groups is 1. The van der Waals surface area contributed by atoms with Crippen molar-refractivity contribution in [3.63, 3.8) is 0 Å². The molecule has 6 heteroatoms. The van der Waals surface area contributed by atoms with Crippen LogP contribution in [0.5, 0.6) is 0 Å². The van der Waals surface area contributed by atoms with Crippen LogP contribution in [0.2, 0.25) is 0 Å². The standard InChI is InChI=1S/C15H30O6/c1-6-17-10-11-12(18-7-2)13(19-8-3)14(20-9-4)15(5,16)21-11/h11-14,16H,6-10H2,1-5H3/t11-,12-,13+,14-,15?/m1/s1. The van der Waals surface area contributed by atoms with Crippen LogP contribution in [0.15, 0.2) is 0 Å². The maximum atomic E-state index is 10.6. The van der Waals surface area contributed by atoms with E-state index in [1.807, 2.05) is 27.7 Å². The summed E-state index contributed by atoms with van der Waals surface area (Å²) in [5.74, 6) is -1.44. The molecular weight excluding hydrogens is 276 g/mol. The van der Waals surface area contributed by atoms with Crippen LogP contribution in [0.3, 0.4) is 0 Å². The number of hydrogen-bond acceptors (Lipinski definition) is 6. The fourth-order valence-corrected chi connectivity index (χ4v) is 2.69. The van der Waals surface area contributed by atoms with Crippen molar-refractivity contribution in [2.24, 2.45) is 0 Å². The van der Waals surface area contributed by atoms with Crippen LogP contribution in [-0.2, 0) is 23.7 Å². The molecule has 0 aliphatic carbocycles. The minimum Gasteiger partial charge on any atom is -0.379 e. The molecular formula is C15H30O6. The quantitative estimate of drug-likeness (QED) is 0.693. The van der Waals surface area contributed by atoms with Crippen LogP contribution in [0.25, 0.3) is 0 Å². The fraction of sp³-hybridized carbons (Fsp3) is 1.00. The topological polar surface area (TPSA) is 66.4 Å². The first-order chi connectivity index (χ1) is 10.0. The monoisotopic (exact) mass is 306 g/mol. The maximum Gasteiger partial charge on any atom is 0.192 e. The molecule has 1 rings (SSSR count). The maximum absolute atomic E-state index is 10.6. The van der Waals surface area contributed by atoms with E-state index < -0.39 is 24.1 Å². The molecule has 21 heavy (non-hydrogen) atoms. The Morgan fingerprint density at radius 3 is 2.00 bits per heavy atom. The molecule has 0 spiro atoms. The Morgan fingerprint density at radius 2 is 1.48 bits per heavy atom. The zero-order chi connectivity index (χ0) is 15.9. The van der Waals surface area contributed by atoms with Gasteiger partial charge in [0.25, 0.3) is 0 Å². The molecule has 1 unspecified atom stereocenters. The van der Waals surface area contributed by atoms with Gasteiger partial charge in [-0.15, -0.1) is 0 Å². The van der Waals surface area contributed by atoms with Gasteiger partial charge < -0.3 is 28.8 Å².